The van der Waals surface area contributed by atoms with Crippen LogP contribution in [0.4, 0.5) is 0 Å². The summed E-state index contributed by atoms with van der Waals surface area (Å²) in [5.74, 6) is 0.863. The molecule has 4 fully saturated rings. The van der Waals surface area contributed by atoms with Crippen molar-refractivity contribution in [3.8, 4) is 0 Å². The number of carbonyl (C=O) groups is 2. The van der Waals surface area contributed by atoms with Gasteiger partial charge in [0.15, 0.2) is 0 Å². The van der Waals surface area contributed by atoms with Crippen LogP contribution >= 0.6 is 0 Å². The molecule has 2 unspecified atom stereocenters. The monoisotopic (exact) mass is 293 g/mol. The van der Waals surface area contributed by atoms with Crippen molar-refractivity contribution >= 4 is 11.9 Å². The molecule has 1 amide bonds. The molecule has 4 nitrogen and oxygen atoms in total. The molecule has 4 bridgehead atoms. The van der Waals surface area contributed by atoms with Gasteiger partial charge in [-0.1, -0.05) is 6.92 Å². The predicted octanol–water partition coefficient (Wildman–Crippen LogP) is 2.92. The molecule has 0 aromatic carbocycles. The molecule has 0 saturated heterocycles. The van der Waals surface area contributed by atoms with Gasteiger partial charge >= 0.3 is 5.97 Å². The number of rotatable bonds is 5. The fourth-order valence-electron chi connectivity index (χ4n) is 5.94. The second-order valence-corrected chi connectivity index (χ2v) is 8.08. The Bertz CT molecular complexity index is 445. The van der Waals surface area contributed by atoms with Gasteiger partial charge in [0.2, 0.25) is 5.91 Å². The zero-order valence-electron chi connectivity index (χ0n) is 13.2. The third kappa shape index (κ3) is 2.58. The smallest absolute Gasteiger partial charge is 0.305 e. The minimum absolute atomic E-state index is 0.0553. The van der Waals surface area contributed by atoms with Crippen LogP contribution < -0.4 is 0 Å². The molecule has 0 aromatic rings. The topological polar surface area (TPSA) is 57.6 Å². The van der Waals surface area contributed by atoms with Gasteiger partial charge in [0.1, 0.15) is 0 Å². The summed E-state index contributed by atoms with van der Waals surface area (Å²) in [7, 11) is 0. The molecule has 2 atom stereocenters. The van der Waals surface area contributed by atoms with Gasteiger partial charge in [-0.05, 0) is 62.7 Å². The lowest BCUT2D eigenvalue weighted by Crippen LogP contribution is -2.57. The lowest BCUT2D eigenvalue weighted by Gasteiger charge is -2.61. The minimum atomic E-state index is -0.821. The maximum atomic E-state index is 13.1. The van der Waals surface area contributed by atoms with E-state index in [1.807, 2.05) is 6.92 Å². The van der Waals surface area contributed by atoms with Crippen molar-refractivity contribution in [2.24, 2.45) is 22.7 Å². The Morgan fingerprint density at radius 1 is 1.19 bits per heavy atom. The number of carboxylic acid groups (broad SMARTS) is 1. The molecule has 0 aromatic heterocycles. The van der Waals surface area contributed by atoms with Crippen LogP contribution in [0.25, 0.3) is 0 Å². The zero-order valence-corrected chi connectivity index (χ0v) is 13.2. The van der Waals surface area contributed by atoms with Crippen molar-refractivity contribution in [1.82, 2.24) is 4.90 Å². The van der Waals surface area contributed by atoms with E-state index in [9.17, 15) is 9.59 Å². The predicted molar refractivity (Wildman–Crippen MR) is 79.7 cm³/mol. The van der Waals surface area contributed by atoms with Crippen LogP contribution in [0.3, 0.4) is 0 Å². The van der Waals surface area contributed by atoms with Crippen LogP contribution in [0.1, 0.15) is 58.8 Å². The van der Waals surface area contributed by atoms with E-state index in [-0.39, 0.29) is 17.7 Å². The largest absolute Gasteiger partial charge is 0.481 e. The summed E-state index contributed by atoms with van der Waals surface area (Å²) in [6, 6.07) is 0. The average molecular weight is 293 g/mol. The SMILES string of the molecule is CCN(CCC(=O)O)C(=O)C12CC3CC(CC(C)(C3)C1)C2. The third-order valence-electron chi connectivity index (χ3n) is 6.07. The number of aliphatic carboxylic acids is 1. The molecule has 4 aliphatic rings. The van der Waals surface area contributed by atoms with Gasteiger partial charge in [-0.3, -0.25) is 9.59 Å². The molecule has 4 saturated carbocycles. The highest BCUT2D eigenvalue weighted by molar-refractivity contribution is 5.84. The lowest BCUT2D eigenvalue weighted by molar-refractivity contribution is -0.166. The number of hydrogen-bond acceptors (Lipinski definition) is 2. The minimum Gasteiger partial charge on any atom is -0.481 e. The highest BCUT2D eigenvalue weighted by Gasteiger charge is 2.59. The maximum absolute atomic E-state index is 13.1. The van der Waals surface area contributed by atoms with Crippen LogP contribution in [-0.4, -0.2) is 35.0 Å². The van der Waals surface area contributed by atoms with Crippen LogP contribution in [0.2, 0.25) is 0 Å². The average Bonchev–Trinajstić information content (AvgIpc) is 2.35. The van der Waals surface area contributed by atoms with Crippen LogP contribution in [0.15, 0.2) is 0 Å². The van der Waals surface area contributed by atoms with E-state index < -0.39 is 5.97 Å². The molecule has 118 valence electrons. The van der Waals surface area contributed by atoms with Crippen LogP contribution in [0, 0.1) is 22.7 Å². The summed E-state index contributed by atoms with van der Waals surface area (Å²) in [5.41, 5.74) is 0.180. The molecule has 1 N–H and O–H groups in total. The Hall–Kier alpha value is -1.06. The number of nitrogens with zero attached hydrogens (tertiary/aromatic N) is 1. The molecule has 0 radical (unpaired) electrons. The standard InChI is InChI=1S/C17H27NO3/c1-3-18(5-4-14(19)20)15(21)17-9-12-6-13(10-17)8-16(2,7-12)11-17/h12-13H,3-11H2,1-2H3,(H,19,20). The first kappa shape index (κ1) is 14.9. The molecule has 4 rings (SSSR count). The zero-order chi connectivity index (χ0) is 15.3. The number of amides is 1. The van der Waals surface area contributed by atoms with Crippen molar-refractivity contribution in [2.75, 3.05) is 13.1 Å². The lowest BCUT2D eigenvalue weighted by atomic mass is 9.44. The van der Waals surface area contributed by atoms with Crippen LogP contribution in [0.5, 0.6) is 0 Å². The van der Waals surface area contributed by atoms with E-state index in [1.54, 1.807) is 4.90 Å². The first-order valence-electron chi connectivity index (χ1n) is 8.37. The van der Waals surface area contributed by atoms with E-state index in [2.05, 4.69) is 6.92 Å². The van der Waals surface area contributed by atoms with E-state index in [0.29, 0.717) is 18.5 Å². The van der Waals surface area contributed by atoms with E-state index in [1.165, 1.54) is 19.3 Å². The van der Waals surface area contributed by atoms with Gasteiger partial charge in [0.25, 0.3) is 0 Å². The number of carbonyl (C=O) groups excluding carboxylic acids is 1. The van der Waals surface area contributed by atoms with Gasteiger partial charge < -0.3 is 10.0 Å². The van der Waals surface area contributed by atoms with Crippen molar-refractivity contribution in [3.63, 3.8) is 0 Å². The molecule has 4 heteroatoms. The summed E-state index contributed by atoms with van der Waals surface area (Å²) in [4.78, 5) is 25.7. The van der Waals surface area contributed by atoms with Crippen molar-refractivity contribution in [1.29, 1.82) is 0 Å². The van der Waals surface area contributed by atoms with Crippen molar-refractivity contribution in [3.05, 3.63) is 0 Å². The Labute approximate surface area is 126 Å². The number of carboxylic acids is 1. The molecule has 4 aliphatic carbocycles. The fourth-order valence-corrected chi connectivity index (χ4v) is 5.94. The van der Waals surface area contributed by atoms with Gasteiger partial charge in [0, 0.05) is 13.1 Å². The Morgan fingerprint density at radius 3 is 2.29 bits per heavy atom. The van der Waals surface area contributed by atoms with E-state index >= 15 is 0 Å². The first-order valence-corrected chi connectivity index (χ1v) is 8.37. The third-order valence-corrected chi connectivity index (χ3v) is 6.07. The summed E-state index contributed by atoms with van der Waals surface area (Å²) >= 11 is 0. The normalized spacial score (nSPS) is 40.3. The maximum Gasteiger partial charge on any atom is 0.305 e. The van der Waals surface area contributed by atoms with E-state index in [0.717, 1.165) is 31.1 Å². The summed E-state index contributed by atoms with van der Waals surface area (Å²) in [5, 5.41) is 8.88. The highest BCUT2D eigenvalue weighted by atomic mass is 16.4. The quantitative estimate of drug-likeness (QED) is 0.848. The van der Waals surface area contributed by atoms with Gasteiger partial charge in [-0.15, -0.1) is 0 Å². The molecular formula is C17H27NO3. The van der Waals surface area contributed by atoms with Gasteiger partial charge in [0.05, 0.1) is 11.8 Å². The first-order chi connectivity index (χ1) is 9.86. The summed E-state index contributed by atoms with van der Waals surface area (Å²) in [6.07, 6.45) is 7.06. The second-order valence-electron chi connectivity index (χ2n) is 8.08. The summed E-state index contributed by atoms with van der Waals surface area (Å²) in [6.45, 7) is 5.31. The second kappa shape index (κ2) is 4.99. The van der Waals surface area contributed by atoms with Gasteiger partial charge in [-0.25, -0.2) is 0 Å². The molecule has 21 heavy (non-hydrogen) atoms. The summed E-state index contributed by atoms with van der Waals surface area (Å²) < 4.78 is 0. The molecule has 0 spiro atoms. The Kier molecular flexibility index (Phi) is 3.53. The van der Waals surface area contributed by atoms with E-state index in [4.69, 9.17) is 5.11 Å². The van der Waals surface area contributed by atoms with Crippen LogP contribution in [-0.2, 0) is 9.59 Å². The molecule has 0 heterocycles. The Balaban J connectivity index is 1.78. The molecular weight excluding hydrogens is 266 g/mol. The van der Waals surface area contributed by atoms with Crippen molar-refractivity contribution < 1.29 is 14.7 Å². The number of hydrogen-bond donors (Lipinski definition) is 1. The highest BCUT2D eigenvalue weighted by Crippen LogP contribution is 2.65. The Morgan fingerprint density at radius 2 is 1.81 bits per heavy atom. The van der Waals surface area contributed by atoms with Gasteiger partial charge in [-0.2, -0.15) is 0 Å². The van der Waals surface area contributed by atoms with Crippen molar-refractivity contribution in [2.45, 2.75) is 58.8 Å². The fraction of sp³-hybridized carbons (Fsp3) is 0.882. The molecule has 0 aliphatic heterocycles.